The summed E-state index contributed by atoms with van der Waals surface area (Å²) in [6.45, 7) is 2.42. The molecular weight excluding hydrogens is 314 g/mol. The maximum absolute atomic E-state index is 12.4. The van der Waals surface area contributed by atoms with Gasteiger partial charge in [0.1, 0.15) is 5.02 Å². The van der Waals surface area contributed by atoms with Gasteiger partial charge in [-0.15, -0.1) is 0 Å². The van der Waals surface area contributed by atoms with Crippen molar-refractivity contribution in [1.29, 1.82) is 0 Å². The minimum Gasteiger partial charge on any atom is -0.337 e. The summed E-state index contributed by atoms with van der Waals surface area (Å²) < 4.78 is 0. The third-order valence-corrected chi connectivity index (χ3v) is 4.30. The second-order valence-electron chi connectivity index (χ2n) is 6.00. The molecule has 0 aliphatic carbocycles. The van der Waals surface area contributed by atoms with E-state index in [1.54, 1.807) is 11.9 Å². The fourth-order valence-electron chi connectivity index (χ4n) is 2.86. The average Bonchev–Trinajstić information content (AvgIpc) is 2.88. The van der Waals surface area contributed by atoms with Crippen LogP contribution in [0.25, 0.3) is 0 Å². The number of carbonyl (C=O) groups excluding carboxylic acids is 1. The topological polar surface area (TPSA) is 56.4 Å². The lowest BCUT2D eigenvalue weighted by molar-refractivity contribution is 0.0784. The number of nitrogens with zero attached hydrogens (tertiary/aromatic N) is 2. The van der Waals surface area contributed by atoms with Crippen molar-refractivity contribution in [2.24, 2.45) is 0 Å². The molecule has 0 atom stereocenters. The highest BCUT2D eigenvalue weighted by Gasteiger charge is 2.17. The van der Waals surface area contributed by atoms with Crippen LogP contribution in [0.2, 0.25) is 5.02 Å². The van der Waals surface area contributed by atoms with E-state index < -0.39 is 5.56 Å². The monoisotopic (exact) mass is 331 g/mol. The molecule has 0 saturated heterocycles. The van der Waals surface area contributed by atoms with Crippen LogP contribution in [-0.4, -0.2) is 34.8 Å². The van der Waals surface area contributed by atoms with E-state index in [1.165, 1.54) is 23.4 Å². The molecule has 23 heavy (non-hydrogen) atoms. The number of aromatic amines is 1. The van der Waals surface area contributed by atoms with E-state index in [2.05, 4.69) is 35.1 Å². The maximum Gasteiger partial charge on any atom is 0.266 e. The van der Waals surface area contributed by atoms with Gasteiger partial charge in [-0.05, 0) is 29.8 Å². The number of pyridine rings is 1. The molecular formula is C17H18ClN3O2. The van der Waals surface area contributed by atoms with Crippen molar-refractivity contribution in [2.45, 2.75) is 19.6 Å². The van der Waals surface area contributed by atoms with E-state index in [0.29, 0.717) is 12.1 Å². The van der Waals surface area contributed by atoms with Gasteiger partial charge in [-0.1, -0.05) is 29.8 Å². The second kappa shape index (κ2) is 6.18. The molecule has 2 aromatic rings. The van der Waals surface area contributed by atoms with Gasteiger partial charge in [0.25, 0.3) is 11.5 Å². The number of benzene rings is 1. The van der Waals surface area contributed by atoms with Gasteiger partial charge < -0.3 is 9.88 Å². The Labute approximate surface area is 139 Å². The predicted octanol–water partition coefficient (Wildman–Crippen LogP) is 2.25. The van der Waals surface area contributed by atoms with Crippen molar-refractivity contribution in [1.82, 2.24) is 14.8 Å². The van der Waals surface area contributed by atoms with Gasteiger partial charge in [0.05, 0.1) is 5.56 Å². The standard InChI is InChI=1S/C17H18ClN3O2/c1-20-9-12-4-3-11(5-14(12)10-20)8-21(2)17(23)13-6-15(18)16(22)19-7-13/h3-7H,8-10H2,1-2H3,(H,19,22). The Kier molecular flexibility index (Phi) is 4.24. The van der Waals surface area contributed by atoms with E-state index in [9.17, 15) is 9.59 Å². The highest BCUT2D eigenvalue weighted by atomic mass is 35.5. The molecule has 1 aliphatic heterocycles. The summed E-state index contributed by atoms with van der Waals surface area (Å²) in [7, 11) is 3.83. The van der Waals surface area contributed by atoms with Crippen LogP contribution in [0, 0.1) is 0 Å². The summed E-state index contributed by atoms with van der Waals surface area (Å²) in [5, 5.41) is 0.0183. The molecule has 5 nitrogen and oxygen atoms in total. The van der Waals surface area contributed by atoms with Crippen LogP contribution in [0.5, 0.6) is 0 Å². The first-order valence-corrected chi connectivity index (χ1v) is 7.75. The van der Waals surface area contributed by atoms with Gasteiger partial charge in [-0.2, -0.15) is 0 Å². The molecule has 2 heterocycles. The molecule has 0 spiro atoms. The first kappa shape index (κ1) is 15.8. The van der Waals surface area contributed by atoms with Crippen LogP contribution in [0.3, 0.4) is 0 Å². The number of hydrogen-bond acceptors (Lipinski definition) is 3. The largest absolute Gasteiger partial charge is 0.337 e. The fraction of sp³-hybridized carbons (Fsp3) is 0.294. The quantitative estimate of drug-likeness (QED) is 0.938. The maximum atomic E-state index is 12.4. The summed E-state index contributed by atoms with van der Waals surface area (Å²) in [6, 6.07) is 7.74. The van der Waals surface area contributed by atoms with Crippen molar-refractivity contribution < 1.29 is 4.79 Å². The highest BCUT2D eigenvalue weighted by molar-refractivity contribution is 6.30. The zero-order valence-corrected chi connectivity index (χ0v) is 13.9. The number of amides is 1. The second-order valence-corrected chi connectivity index (χ2v) is 6.41. The van der Waals surface area contributed by atoms with Gasteiger partial charge in [0, 0.05) is 32.9 Å². The Morgan fingerprint density at radius 2 is 2.04 bits per heavy atom. The number of nitrogens with one attached hydrogen (secondary N) is 1. The van der Waals surface area contributed by atoms with Crippen LogP contribution in [0.15, 0.2) is 35.3 Å². The summed E-state index contributed by atoms with van der Waals surface area (Å²) in [5.41, 5.74) is 3.73. The molecule has 0 radical (unpaired) electrons. The predicted molar refractivity (Wildman–Crippen MR) is 89.5 cm³/mol. The highest BCUT2D eigenvalue weighted by Crippen LogP contribution is 2.23. The lowest BCUT2D eigenvalue weighted by atomic mass is 10.1. The van der Waals surface area contributed by atoms with Crippen LogP contribution in [-0.2, 0) is 19.6 Å². The number of halogens is 1. The number of carbonyl (C=O) groups is 1. The molecule has 1 aromatic carbocycles. The normalized spacial score (nSPS) is 13.9. The minimum atomic E-state index is -0.395. The zero-order chi connectivity index (χ0) is 16.6. The summed E-state index contributed by atoms with van der Waals surface area (Å²) in [5.74, 6) is -0.180. The number of rotatable bonds is 3. The zero-order valence-electron chi connectivity index (χ0n) is 13.1. The Hall–Kier alpha value is -2.11. The lowest BCUT2D eigenvalue weighted by Crippen LogP contribution is -2.27. The molecule has 120 valence electrons. The van der Waals surface area contributed by atoms with Gasteiger partial charge in [0.15, 0.2) is 0 Å². The Balaban J connectivity index is 1.75. The first-order valence-electron chi connectivity index (χ1n) is 7.37. The molecule has 1 aromatic heterocycles. The smallest absolute Gasteiger partial charge is 0.266 e. The van der Waals surface area contributed by atoms with Crippen LogP contribution < -0.4 is 5.56 Å². The fourth-order valence-corrected chi connectivity index (χ4v) is 3.03. The minimum absolute atomic E-state index is 0.0183. The molecule has 0 unspecified atom stereocenters. The molecule has 1 N–H and O–H groups in total. The molecule has 0 bridgehead atoms. The SMILES string of the molecule is CN1Cc2ccc(CN(C)C(=O)c3c[nH]c(=O)c(Cl)c3)cc2C1. The Morgan fingerprint density at radius 3 is 2.78 bits per heavy atom. The summed E-state index contributed by atoms with van der Waals surface area (Å²) >= 11 is 5.78. The van der Waals surface area contributed by atoms with E-state index >= 15 is 0 Å². The molecule has 0 fully saturated rings. The van der Waals surface area contributed by atoms with Crippen LogP contribution >= 0.6 is 11.6 Å². The summed E-state index contributed by atoms with van der Waals surface area (Å²) in [4.78, 5) is 30.0. The molecule has 3 rings (SSSR count). The Morgan fingerprint density at radius 1 is 1.30 bits per heavy atom. The first-order chi connectivity index (χ1) is 10.9. The third-order valence-electron chi connectivity index (χ3n) is 4.02. The molecule has 6 heteroatoms. The van der Waals surface area contributed by atoms with Crippen molar-refractivity contribution in [2.75, 3.05) is 14.1 Å². The lowest BCUT2D eigenvalue weighted by Gasteiger charge is -2.18. The van der Waals surface area contributed by atoms with Gasteiger partial charge >= 0.3 is 0 Å². The van der Waals surface area contributed by atoms with Crippen molar-refractivity contribution in [3.8, 4) is 0 Å². The number of H-pyrrole nitrogens is 1. The molecule has 1 amide bonds. The van der Waals surface area contributed by atoms with E-state index in [0.717, 1.165) is 18.7 Å². The van der Waals surface area contributed by atoms with Gasteiger partial charge in [-0.3, -0.25) is 14.5 Å². The number of aromatic nitrogens is 1. The van der Waals surface area contributed by atoms with Crippen molar-refractivity contribution >= 4 is 17.5 Å². The molecule has 1 aliphatic rings. The number of fused-ring (bicyclic) bond motifs is 1. The van der Waals surface area contributed by atoms with Crippen molar-refractivity contribution in [3.05, 3.63) is 68.1 Å². The molecule has 0 saturated carbocycles. The number of hydrogen-bond donors (Lipinski definition) is 1. The van der Waals surface area contributed by atoms with Gasteiger partial charge in [-0.25, -0.2) is 0 Å². The third kappa shape index (κ3) is 3.30. The average molecular weight is 332 g/mol. The van der Waals surface area contributed by atoms with Crippen LogP contribution in [0.4, 0.5) is 0 Å². The summed E-state index contributed by atoms with van der Waals surface area (Å²) in [6.07, 6.45) is 1.39. The van der Waals surface area contributed by atoms with Crippen molar-refractivity contribution in [3.63, 3.8) is 0 Å². The Bertz CT molecular complexity index is 816. The van der Waals surface area contributed by atoms with E-state index in [-0.39, 0.29) is 10.9 Å². The van der Waals surface area contributed by atoms with Gasteiger partial charge in [0.2, 0.25) is 0 Å². The van der Waals surface area contributed by atoms with E-state index in [4.69, 9.17) is 11.6 Å². The van der Waals surface area contributed by atoms with E-state index in [1.807, 2.05) is 0 Å². The van der Waals surface area contributed by atoms with Crippen LogP contribution in [0.1, 0.15) is 27.0 Å².